The predicted octanol–water partition coefficient (Wildman–Crippen LogP) is 5.94. The average molecular weight is 669 g/mol. The van der Waals surface area contributed by atoms with E-state index >= 15 is 8.78 Å². The summed E-state index contributed by atoms with van der Waals surface area (Å²) in [5, 5.41) is 12.8. The molecule has 0 spiro atoms. The van der Waals surface area contributed by atoms with Crippen molar-refractivity contribution in [3.8, 4) is 23.2 Å². The maximum atomic E-state index is 16.8. The average Bonchev–Trinajstić information content (AvgIpc) is 3.62. The second-order valence-corrected chi connectivity index (χ2v) is 12.6. The Bertz CT molecular complexity index is 2040. The van der Waals surface area contributed by atoms with Gasteiger partial charge in [-0.3, -0.25) is 0 Å². The van der Waals surface area contributed by atoms with Gasteiger partial charge in [0.2, 0.25) is 0 Å². The van der Waals surface area contributed by atoms with Crippen molar-refractivity contribution >= 4 is 60.6 Å². The minimum Gasteiger partial charge on any atom is -0.456 e. The van der Waals surface area contributed by atoms with E-state index < -0.39 is 34.7 Å². The summed E-state index contributed by atoms with van der Waals surface area (Å²) in [5.74, 6) is -2.64. The van der Waals surface area contributed by atoms with Gasteiger partial charge in [0.05, 0.1) is 34.5 Å². The lowest BCUT2D eigenvalue weighted by Crippen LogP contribution is -2.41. The van der Waals surface area contributed by atoms with Crippen molar-refractivity contribution in [3.05, 3.63) is 64.1 Å². The molecule has 0 unspecified atom stereocenters. The molecular weight excluding hydrogens is 641 g/mol. The Balaban J connectivity index is 1.53. The summed E-state index contributed by atoms with van der Waals surface area (Å²) in [6, 6.07) is 7.24. The van der Waals surface area contributed by atoms with Crippen LogP contribution in [0.1, 0.15) is 24.0 Å². The van der Waals surface area contributed by atoms with Gasteiger partial charge in [0.15, 0.2) is 5.82 Å². The first-order valence-corrected chi connectivity index (χ1v) is 15.3. The zero-order valence-electron chi connectivity index (χ0n) is 24.9. The van der Waals surface area contributed by atoms with Crippen LogP contribution in [-0.4, -0.2) is 65.9 Å². The third kappa shape index (κ3) is 5.49. The van der Waals surface area contributed by atoms with Gasteiger partial charge in [-0.05, 0) is 31.8 Å². The van der Waals surface area contributed by atoms with E-state index in [2.05, 4.69) is 20.3 Å². The van der Waals surface area contributed by atoms with E-state index in [4.69, 9.17) is 32.5 Å². The molecule has 1 fully saturated rings. The summed E-state index contributed by atoms with van der Waals surface area (Å²) in [5.41, 5.74) is 11.6. The summed E-state index contributed by atoms with van der Waals surface area (Å²) >= 11 is 7.43. The minimum atomic E-state index is -1.12. The second kappa shape index (κ2) is 12.4. The number of aromatic nitrogens is 3. The molecule has 46 heavy (non-hydrogen) atoms. The molecule has 0 saturated carbocycles. The molecule has 3 atom stereocenters. The molecule has 1 aliphatic heterocycles. The van der Waals surface area contributed by atoms with E-state index in [0.29, 0.717) is 25.0 Å². The van der Waals surface area contributed by atoms with E-state index in [1.54, 1.807) is 12.3 Å². The number of benzene rings is 2. The minimum absolute atomic E-state index is 0.0392. The Morgan fingerprint density at radius 2 is 1.98 bits per heavy atom. The normalized spacial score (nSPS) is 17.1. The van der Waals surface area contributed by atoms with Crippen LogP contribution in [0.25, 0.3) is 32.1 Å². The van der Waals surface area contributed by atoms with Crippen LogP contribution in [0, 0.1) is 28.8 Å². The number of nitrogens with one attached hydrogen (secondary N) is 1. The van der Waals surface area contributed by atoms with Crippen LogP contribution >= 0.6 is 22.9 Å². The van der Waals surface area contributed by atoms with Crippen molar-refractivity contribution < 1.29 is 22.6 Å². The van der Waals surface area contributed by atoms with Crippen molar-refractivity contribution in [1.29, 1.82) is 5.26 Å². The van der Waals surface area contributed by atoms with Gasteiger partial charge in [0.1, 0.15) is 46.0 Å². The Morgan fingerprint density at radius 3 is 2.70 bits per heavy atom. The highest BCUT2D eigenvalue weighted by atomic mass is 35.5. The highest BCUT2D eigenvalue weighted by Crippen LogP contribution is 2.46. The summed E-state index contributed by atoms with van der Waals surface area (Å²) in [6.45, 7) is 2.92. The summed E-state index contributed by atoms with van der Waals surface area (Å²) < 4.78 is 58.8. The molecule has 238 valence electrons. The number of likely N-dealkylation sites (N-methyl/N-ethyl adjacent to an activating group) is 1. The van der Waals surface area contributed by atoms with E-state index in [0.717, 1.165) is 16.9 Å². The number of rotatable bonds is 8. The monoisotopic (exact) mass is 668 g/mol. The van der Waals surface area contributed by atoms with E-state index in [-0.39, 0.29) is 67.0 Å². The van der Waals surface area contributed by atoms with Crippen LogP contribution in [0.15, 0.2) is 30.5 Å². The molecule has 6 rings (SSSR count). The van der Waals surface area contributed by atoms with Crippen LogP contribution in [0.2, 0.25) is 5.02 Å². The van der Waals surface area contributed by atoms with Gasteiger partial charge in [-0.15, -0.1) is 11.3 Å². The number of hydrogen-bond acceptors (Lipinski definition) is 11. The van der Waals surface area contributed by atoms with E-state index in [9.17, 15) is 9.65 Å². The number of pyridine rings is 1. The number of anilines is 3. The fourth-order valence-electron chi connectivity index (χ4n) is 5.63. The number of nitrogens with two attached hydrogens (primary N) is 2. The number of fused-ring (bicyclic) bond motifs is 2. The van der Waals surface area contributed by atoms with Crippen LogP contribution < -0.4 is 21.5 Å². The van der Waals surface area contributed by atoms with Crippen molar-refractivity contribution in [2.75, 3.05) is 50.6 Å². The summed E-state index contributed by atoms with van der Waals surface area (Å²) in [6.07, 6.45) is 1.13. The maximum Gasteiger partial charge on any atom is 0.319 e. The van der Waals surface area contributed by atoms with Gasteiger partial charge in [-0.1, -0.05) is 24.6 Å². The zero-order chi connectivity index (χ0) is 32.9. The zero-order valence-corrected chi connectivity index (χ0v) is 26.4. The number of nitriles is 1. The van der Waals surface area contributed by atoms with Gasteiger partial charge in [-0.2, -0.15) is 15.2 Å². The van der Waals surface area contributed by atoms with Crippen LogP contribution in [-0.2, 0) is 4.74 Å². The Hall–Kier alpha value is -4.42. The predicted molar refractivity (Wildman–Crippen MR) is 173 cm³/mol. The van der Waals surface area contributed by atoms with Crippen molar-refractivity contribution in [1.82, 2.24) is 19.9 Å². The largest absolute Gasteiger partial charge is 0.456 e. The molecule has 2 aromatic carbocycles. The van der Waals surface area contributed by atoms with Crippen LogP contribution in [0.3, 0.4) is 0 Å². The molecule has 1 aliphatic rings. The molecule has 5 N–H and O–H groups in total. The lowest BCUT2D eigenvalue weighted by molar-refractivity contribution is 0.117. The number of hydrogen-bond donors (Lipinski definition) is 3. The SMILES string of the molecule is C[C@@H](CNc1nc(O[C@H]2COC[C@H]2N(C)C)nc2c(F)c(-c3c(F)cc(F)c4sc(N)c(C#N)c34)c(Cl)cc12)c1cccnc1N. The Kier molecular flexibility index (Phi) is 8.51. The fourth-order valence-corrected chi connectivity index (χ4v) is 6.85. The molecule has 3 aromatic heterocycles. The molecule has 10 nitrogen and oxygen atoms in total. The molecule has 15 heteroatoms. The molecule has 1 saturated heterocycles. The topological polar surface area (TPSA) is 148 Å². The van der Waals surface area contributed by atoms with Crippen molar-refractivity contribution in [2.24, 2.45) is 0 Å². The molecule has 0 radical (unpaired) electrons. The van der Waals surface area contributed by atoms with Gasteiger partial charge in [0, 0.05) is 46.6 Å². The van der Waals surface area contributed by atoms with Crippen molar-refractivity contribution in [3.63, 3.8) is 0 Å². The first-order valence-electron chi connectivity index (χ1n) is 14.1. The lowest BCUT2D eigenvalue weighted by atomic mass is 9.96. The molecule has 0 aliphatic carbocycles. The van der Waals surface area contributed by atoms with E-state index in [1.807, 2.05) is 38.1 Å². The number of nitrogens with zero attached hydrogens (tertiary/aromatic N) is 5. The highest BCUT2D eigenvalue weighted by molar-refractivity contribution is 7.23. The maximum absolute atomic E-state index is 16.8. The van der Waals surface area contributed by atoms with Gasteiger partial charge in [-0.25, -0.2) is 18.2 Å². The Labute approximate surface area is 270 Å². The summed E-state index contributed by atoms with van der Waals surface area (Å²) in [4.78, 5) is 15.1. The van der Waals surface area contributed by atoms with Gasteiger partial charge >= 0.3 is 6.01 Å². The second-order valence-electron chi connectivity index (χ2n) is 11.2. The number of ether oxygens (including phenoxy) is 2. The molecule has 4 heterocycles. The number of nitrogen functional groups attached to an aromatic ring is 2. The first-order chi connectivity index (χ1) is 22.0. The third-order valence-corrected chi connectivity index (χ3v) is 9.34. The molecule has 0 amide bonds. The lowest BCUT2D eigenvalue weighted by Gasteiger charge is -2.24. The molecular formula is C31H28ClF3N8O2S. The third-order valence-electron chi connectivity index (χ3n) is 8.02. The highest BCUT2D eigenvalue weighted by Gasteiger charge is 2.33. The Morgan fingerprint density at radius 1 is 1.20 bits per heavy atom. The van der Waals surface area contributed by atoms with Gasteiger partial charge < -0.3 is 31.2 Å². The molecule has 5 aromatic rings. The van der Waals surface area contributed by atoms with Gasteiger partial charge in [0.25, 0.3) is 0 Å². The quantitative estimate of drug-likeness (QED) is 0.182. The van der Waals surface area contributed by atoms with Crippen LogP contribution in [0.5, 0.6) is 6.01 Å². The fraction of sp³-hybridized carbons (Fsp3) is 0.290. The van der Waals surface area contributed by atoms with Crippen molar-refractivity contribution in [2.45, 2.75) is 25.0 Å². The van der Waals surface area contributed by atoms with E-state index in [1.165, 1.54) is 6.07 Å². The van der Waals surface area contributed by atoms with Crippen LogP contribution in [0.4, 0.5) is 29.8 Å². The number of thiophene rings is 1. The summed E-state index contributed by atoms with van der Waals surface area (Å²) in [7, 11) is 3.77. The first kappa shape index (κ1) is 31.6. The number of halogens is 4. The smallest absolute Gasteiger partial charge is 0.319 e. The molecule has 0 bridgehead atoms. The standard InChI is InChI=1S/C31H28ClF3N8O2S/c1-13(14-5-4-6-39-28(14)37)10-40-30-15-7-17(32)23(24-18(33)8-19(34)27-22(24)16(9-36)29(38)46-27)25(35)26(15)41-31(42-30)45-21-12-44-11-20(21)43(2)3/h4-8,13,20-21H,10-12,38H2,1-3H3,(H2,37,39)(H,40,41,42)/t13-,20+,21-/m0/s1.